The van der Waals surface area contributed by atoms with Crippen LogP contribution in [0.1, 0.15) is 16.7 Å². The molecule has 0 atom stereocenters. The van der Waals surface area contributed by atoms with Crippen LogP contribution in [0, 0.1) is 13.8 Å². The van der Waals surface area contributed by atoms with Gasteiger partial charge in [0.2, 0.25) is 5.88 Å². The maximum Gasteiger partial charge on any atom is 0.319 e. The monoisotopic (exact) mass is 337 g/mol. The van der Waals surface area contributed by atoms with E-state index in [2.05, 4.69) is 22.5 Å². The van der Waals surface area contributed by atoms with Crippen molar-refractivity contribution in [2.24, 2.45) is 0 Å². The largest absolute Gasteiger partial charge is 0.472 e. The van der Waals surface area contributed by atoms with Gasteiger partial charge in [0.1, 0.15) is 5.75 Å². The number of rotatable bonds is 5. The van der Waals surface area contributed by atoms with Gasteiger partial charge in [-0.15, -0.1) is 0 Å². The first-order valence-electron chi connectivity index (χ1n) is 7.87. The summed E-state index contributed by atoms with van der Waals surface area (Å²) >= 11 is 0. The Morgan fingerprint density at radius 2 is 2.04 bits per heavy atom. The van der Waals surface area contributed by atoms with E-state index in [-0.39, 0.29) is 6.03 Å². The highest BCUT2D eigenvalue weighted by molar-refractivity contribution is 5.88. The van der Waals surface area contributed by atoms with E-state index in [1.165, 1.54) is 5.56 Å². The highest BCUT2D eigenvalue weighted by Gasteiger charge is 2.05. The number of hydrogen-bond acceptors (Lipinski definition) is 4. The Hall–Kier alpha value is -3.28. The van der Waals surface area contributed by atoms with Crippen LogP contribution in [0.3, 0.4) is 0 Å². The number of amides is 2. The van der Waals surface area contributed by atoms with Crippen molar-refractivity contribution in [3.05, 3.63) is 71.8 Å². The van der Waals surface area contributed by atoms with Crippen molar-refractivity contribution in [3.8, 4) is 11.6 Å². The number of carbonyl (C=O) groups is 1. The van der Waals surface area contributed by atoms with Gasteiger partial charge in [-0.05, 0) is 49.2 Å². The molecule has 3 rings (SSSR count). The second-order valence-corrected chi connectivity index (χ2v) is 5.67. The van der Waals surface area contributed by atoms with E-state index in [0.717, 1.165) is 16.9 Å². The zero-order valence-corrected chi connectivity index (χ0v) is 14.1. The summed E-state index contributed by atoms with van der Waals surface area (Å²) in [5.41, 5.74) is 3.84. The lowest BCUT2D eigenvalue weighted by atomic mass is 10.1. The number of aryl methyl sites for hydroxylation is 2. The molecule has 0 aliphatic carbocycles. The molecule has 0 saturated heterocycles. The summed E-state index contributed by atoms with van der Waals surface area (Å²) in [5, 5.41) is 5.44. The molecule has 3 aromatic rings. The number of aromatic nitrogens is 1. The van der Waals surface area contributed by atoms with E-state index in [1.807, 2.05) is 25.1 Å². The first-order chi connectivity index (χ1) is 12.1. The quantitative estimate of drug-likeness (QED) is 0.723. The molecule has 2 N–H and O–H groups in total. The molecule has 2 aromatic heterocycles. The van der Waals surface area contributed by atoms with Crippen LogP contribution in [0.5, 0.6) is 11.6 Å². The summed E-state index contributed by atoms with van der Waals surface area (Å²) in [4.78, 5) is 16.1. The number of benzene rings is 1. The van der Waals surface area contributed by atoms with E-state index < -0.39 is 0 Å². The van der Waals surface area contributed by atoms with Crippen molar-refractivity contribution in [2.75, 3.05) is 5.32 Å². The van der Waals surface area contributed by atoms with Crippen LogP contribution in [-0.4, -0.2) is 11.0 Å². The topological polar surface area (TPSA) is 76.4 Å². The van der Waals surface area contributed by atoms with Crippen molar-refractivity contribution < 1.29 is 13.9 Å². The minimum absolute atomic E-state index is 0.314. The SMILES string of the molecule is Cc1ccc(Oc2ccc(NC(=O)NCc3ccoc3)cn2)cc1C. The normalized spacial score (nSPS) is 10.3. The first kappa shape index (κ1) is 16.6. The van der Waals surface area contributed by atoms with Crippen molar-refractivity contribution in [2.45, 2.75) is 20.4 Å². The molecule has 6 heteroatoms. The molecular formula is C19H19N3O3. The molecule has 2 amide bonds. The number of hydrogen-bond donors (Lipinski definition) is 2. The number of nitrogens with one attached hydrogen (secondary N) is 2. The molecule has 0 fully saturated rings. The summed E-state index contributed by atoms with van der Waals surface area (Å²) in [7, 11) is 0. The van der Waals surface area contributed by atoms with Crippen LogP contribution in [-0.2, 0) is 6.54 Å². The van der Waals surface area contributed by atoms with Gasteiger partial charge in [0.25, 0.3) is 0 Å². The Labute approximate surface area is 145 Å². The molecule has 0 radical (unpaired) electrons. The molecule has 1 aromatic carbocycles. The number of ether oxygens (including phenoxy) is 1. The lowest BCUT2D eigenvalue weighted by Crippen LogP contribution is -2.28. The van der Waals surface area contributed by atoms with E-state index in [9.17, 15) is 4.79 Å². The Bertz CT molecular complexity index is 843. The average molecular weight is 337 g/mol. The fraction of sp³-hybridized carbons (Fsp3) is 0.158. The van der Waals surface area contributed by atoms with Gasteiger partial charge in [0.15, 0.2) is 0 Å². The number of nitrogens with zero attached hydrogens (tertiary/aromatic N) is 1. The highest BCUT2D eigenvalue weighted by Crippen LogP contribution is 2.22. The predicted octanol–water partition coefficient (Wildman–Crippen LogP) is 4.41. The van der Waals surface area contributed by atoms with Crippen LogP contribution in [0.4, 0.5) is 10.5 Å². The third-order valence-corrected chi connectivity index (χ3v) is 3.73. The number of pyridine rings is 1. The molecule has 0 saturated carbocycles. The predicted molar refractivity (Wildman–Crippen MR) is 94.8 cm³/mol. The van der Waals surface area contributed by atoms with E-state index in [4.69, 9.17) is 9.15 Å². The molecule has 25 heavy (non-hydrogen) atoms. The Kier molecular flexibility index (Phi) is 4.99. The summed E-state index contributed by atoms with van der Waals surface area (Å²) in [6.45, 7) is 4.48. The fourth-order valence-electron chi connectivity index (χ4n) is 2.16. The fourth-order valence-corrected chi connectivity index (χ4v) is 2.16. The molecule has 0 bridgehead atoms. The van der Waals surface area contributed by atoms with E-state index >= 15 is 0 Å². The van der Waals surface area contributed by atoms with Crippen molar-refractivity contribution >= 4 is 11.7 Å². The molecule has 0 unspecified atom stereocenters. The number of furan rings is 1. The Balaban J connectivity index is 1.54. The number of urea groups is 1. The Morgan fingerprint density at radius 3 is 2.72 bits per heavy atom. The van der Waals surface area contributed by atoms with Gasteiger partial charge in [-0.2, -0.15) is 0 Å². The molecule has 0 aliphatic heterocycles. The number of carbonyl (C=O) groups excluding carboxylic acids is 1. The van der Waals surface area contributed by atoms with Gasteiger partial charge in [-0.3, -0.25) is 0 Å². The smallest absolute Gasteiger partial charge is 0.319 e. The second kappa shape index (κ2) is 7.53. The third kappa shape index (κ3) is 4.60. The van der Waals surface area contributed by atoms with Crippen LogP contribution in [0.15, 0.2) is 59.5 Å². The lowest BCUT2D eigenvalue weighted by Gasteiger charge is -2.09. The maximum atomic E-state index is 11.8. The van der Waals surface area contributed by atoms with E-state index in [0.29, 0.717) is 18.1 Å². The molecule has 0 spiro atoms. The molecule has 0 aliphatic rings. The standard InChI is InChI=1S/C19H19N3O3/c1-13-3-5-17(9-14(13)2)25-18-6-4-16(11-20-18)22-19(23)21-10-15-7-8-24-12-15/h3-9,11-12H,10H2,1-2H3,(H2,21,22,23). The highest BCUT2D eigenvalue weighted by atomic mass is 16.5. The minimum Gasteiger partial charge on any atom is -0.472 e. The molecule has 6 nitrogen and oxygen atoms in total. The van der Waals surface area contributed by atoms with Gasteiger partial charge in [-0.25, -0.2) is 9.78 Å². The zero-order chi connectivity index (χ0) is 17.6. The van der Waals surface area contributed by atoms with Gasteiger partial charge < -0.3 is 19.8 Å². The summed E-state index contributed by atoms with van der Waals surface area (Å²) in [6.07, 6.45) is 4.70. The summed E-state index contributed by atoms with van der Waals surface area (Å²) < 4.78 is 10.7. The first-order valence-corrected chi connectivity index (χ1v) is 7.87. The van der Waals surface area contributed by atoms with Gasteiger partial charge in [0.05, 0.1) is 24.4 Å². The molecule has 2 heterocycles. The second-order valence-electron chi connectivity index (χ2n) is 5.67. The van der Waals surface area contributed by atoms with Crippen LogP contribution in [0.25, 0.3) is 0 Å². The van der Waals surface area contributed by atoms with Crippen LogP contribution < -0.4 is 15.4 Å². The molecule has 128 valence electrons. The van der Waals surface area contributed by atoms with E-state index in [1.54, 1.807) is 36.9 Å². The van der Waals surface area contributed by atoms with Crippen molar-refractivity contribution in [1.29, 1.82) is 0 Å². The molecular weight excluding hydrogens is 318 g/mol. The van der Waals surface area contributed by atoms with Crippen molar-refractivity contribution in [3.63, 3.8) is 0 Å². The summed E-state index contributed by atoms with van der Waals surface area (Å²) in [5.74, 6) is 1.20. The van der Waals surface area contributed by atoms with Crippen LogP contribution in [0.2, 0.25) is 0 Å². The van der Waals surface area contributed by atoms with Gasteiger partial charge >= 0.3 is 6.03 Å². The van der Waals surface area contributed by atoms with Gasteiger partial charge in [0, 0.05) is 18.2 Å². The summed E-state index contributed by atoms with van der Waals surface area (Å²) in [6, 6.07) is 10.8. The van der Waals surface area contributed by atoms with Crippen molar-refractivity contribution in [1.82, 2.24) is 10.3 Å². The lowest BCUT2D eigenvalue weighted by molar-refractivity contribution is 0.251. The zero-order valence-electron chi connectivity index (χ0n) is 14.1. The third-order valence-electron chi connectivity index (χ3n) is 3.73. The maximum absolute atomic E-state index is 11.8. The minimum atomic E-state index is -0.314. The van der Waals surface area contributed by atoms with Gasteiger partial charge in [-0.1, -0.05) is 6.07 Å². The Morgan fingerprint density at radius 1 is 1.16 bits per heavy atom. The van der Waals surface area contributed by atoms with Crippen LogP contribution >= 0.6 is 0 Å². The number of anilines is 1. The average Bonchev–Trinajstić information content (AvgIpc) is 3.12.